The number of anilines is 1. The molecule has 1 N–H and O–H groups in total. The molecule has 1 unspecified atom stereocenters. The Balaban J connectivity index is 1.98. The molecule has 0 aromatic heterocycles. The second-order valence-corrected chi connectivity index (χ2v) is 5.33. The summed E-state index contributed by atoms with van der Waals surface area (Å²) in [7, 11) is 0. The van der Waals surface area contributed by atoms with Crippen LogP contribution >= 0.6 is 0 Å². The molecule has 1 atom stereocenters. The fourth-order valence-electron chi connectivity index (χ4n) is 2.74. The van der Waals surface area contributed by atoms with Gasteiger partial charge in [-0.3, -0.25) is 9.69 Å². The first-order valence-electron chi connectivity index (χ1n) is 7.22. The lowest BCUT2D eigenvalue weighted by molar-refractivity contribution is -0.143. The zero-order valence-electron chi connectivity index (χ0n) is 12.3. The zero-order valence-corrected chi connectivity index (χ0v) is 12.3. The second kappa shape index (κ2) is 6.56. The van der Waals surface area contributed by atoms with Gasteiger partial charge in [-0.05, 0) is 30.7 Å². The van der Waals surface area contributed by atoms with Gasteiger partial charge in [-0.2, -0.15) is 13.2 Å². The first kappa shape index (κ1) is 16.6. The molecule has 1 aromatic rings. The maximum atomic E-state index is 12.5. The topological polar surface area (TPSA) is 43.8 Å². The largest absolute Gasteiger partial charge is 0.480 e. The van der Waals surface area contributed by atoms with E-state index < -0.39 is 23.8 Å². The van der Waals surface area contributed by atoms with Gasteiger partial charge in [0.15, 0.2) is 0 Å². The Morgan fingerprint density at radius 1 is 1.18 bits per heavy atom. The first-order valence-corrected chi connectivity index (χ1v) is 7.22. The quantitative estimate of drug-likeness (QED) is 0.927. The van der Waals surface area contributed by atoms with Gasteiger partial charge >= 0.3 is 12.1 Å². The van der Waals surface area contributed by atoms with Crippen LogP contribution in [0.5, 0.6) is 0 Å². The number of aliphatic carboxylic acids is 1. The highest BCUT2D eigenvalue weighted by Crippen LogP contribution is 2.30. The van der Waals surface area contributed by atoms with Gasteiger partial charge in [-0.25, -0.2) is 0 Å². The highest BCUT2D eigenvalue weighted by molar-refractivity contribution is 5.73. The summed E-state index contributed by atoms with van der Waals surface area (Å²) in [6.45, 7) is 4.23. The second-order valence-electron chi connectivity index (χ2n) is 5.33. The number of rotatable bonds is 4. The number of hydrogen-bond donors (Lipinski definition) is 1. The van der Waals surface area contributed by atoms with Crippen molar-refractivity contribution in [3.8, 4) is 0 Å². The van der Waals surface area contributed by atoms with Gasteiger partial charge in [0, 0.05) is 31.9 Å². The molecule has 0 saturated carbocycles. The summed E-state index contributed by atoms with van der Waals surface area (Å²) >= 11 is 0. The minimum absolute atomic E-state index is 0.491. The van der Waals surface area contributed by atoms with Crippen molar-refractivity contribution in [2.45, 2.75) is 25.6 Å². The van der Waals surface area contributed by atoms with E-state index in [0.717, 1.165) is 17.8 Å². The van der Waals surface area contributed by atoms with Gasteiger partial charge in [-0.1, -0.05) is 6.92 Å². The molecule has 0 bridgehead atoms. The molecule has 1 fully saturated rings. The van der Waals surface area contributed by atoms with Gasteiger partial charge in [0.25, 0.3) is 0 Å². The lowest BCUT2D eigenvalue weighted by Gasteiger charge is -2.38. The van der Waals surface area contributed by atoms with E-state index in [0.29, 0.717) is 32.6 Å². The van der Waals surface area contributed by atoms with Crippen LogP contribution in [0.15, 0.2) is 24.3 Å². The number of nitrogens with zero attached hydrogens (tertiary/aromatic N) is 2. The third-order valence-electron chi connectivity index (χ3n) is 3.99. The number of carboxylic acid groups (broad SMARTS) is 1. The highest BCUT2D eigenvalue weighted by atomic mass is 19.4. The van der Waals surface area contributed by atoms with Crippen LogP contribution in [0.1, 0.15) is 18.9 Å². The molecule has 1 saturated heterocycles. The van der Waals surface area contributed by atoms with E-state index in [-0.39, 0.29) is 0 Å². The standard InChI is InChI=1S/C15H19F3N2O2/c1-2-13(14(21)22)20-9-7-19(8-10-20)12-5-3-11(4-6-12)15(16,17)18/h3-6,13H,2,7-10H2,1H3,(H,21,22). The smallest absolute Gasteiger partial charge is 0.416 e. The Morgan fingerprint density at radius 3 is 2.14 bits per heavy atom. The first-order chi connectivity index (χ1) is 10.3. The normalized spacial score (nSPS) is 18.3. The van der Waals surface area contributed by atoms with Gasteiger partial charge in [0.2, 0.25) is 0 Å². The number of carboxylic acids is 1. The molecule has 1 heterocycles. The van der Waals surface area contributed by atoms with Crippen LogP contribution in [-0.4, -0.2) is 48.2 Å². The molecule has 122 valence electrons. The Morgan fingerprint density at radius 2 is 1.73 bits per heavy atom. The van der Waals surface area contributed by atoms with Gasteiger partial charge < -0.3 is 10.0 Å². The van der Waals surface area contributed by atoms with E-state index in [9.17, 15) is 18.0 Å². The van der Waals surface area contributed by atoms with Crippen LogP contribution in [0, 0.1) is 0 Å². The van der Waals surface area contributed by atoms with E-state index in [1.165, 1.54) is 12.1 Å². The van der Waals surface area contributed by atoms with E-state index in [2.05, 4.69) is 0 Å². The molecule has 0 aliphatic carbocycles. The molecule has 1 aliphatic rings. The number of benzene rings is 1. The van der Waals surface area contributed by atoms with Gasteiger partial charge in [0.1, 0.15) is 6.04 Å². The van der Waals surface area contributed by atoms with Crippen molar-refractivity contribution >= 4 is 11.7 Å². The van der Waals surface area contributed by atoms with E-state index in [1.54, 1.807) is 0 Å². The summed E-state index contributed by atoms with van der Waals surface area (Å²) < 4.78 is 37.6. The van der Waals surface area contributed by atoms with Crippen LogP contribution in [0.25, 0.3) is 0 Å². The third kappa shape index (κ3) is 3.71. The number of hydrogen-bond acceptors (Lipinski definition) is 3. The maximum absolute atomic E-state index is 12.5. The minimum Gasteiger partial charge on any atom is -0.480 e. The summed E-state index contributed by atoms with van der Waals surface area (Å²) in [4.78, 5) is 15.0. The molecule has 1 aromatic carbocycles. The fourth-order valence-corrected chi connectivity index (χ4v) is 2.74. The van der Waals surface area contributed by atoms with Crippen LogP contribution in [0.4, 0.5) is 18.9 Å². The Hall–Kier alpha value is -1.76. The average molecular weight is 316 g/mol. The highest BCUT2D eigenvalue weighted by Gasteiger charge is 2.31. The van der Waals surface area contributed by atoms with Crippen LogP contribution < -0.4 is 4.90 Å². The van der Waals surface area contributed by atoms with Crippen molar-refractivity contribution in [2.24, 2.45) is 0 Å². The number of carbonyl (C=O) groups is 1. The van der Waals surface area contributed by atoms with Crippen molar-refractivity contribution in [1.29, 1.82) is 0 Å². The monoisotopic (exact) mass is 316 g/mol. The van der Waals surface area contributed by atoms with Crippen molar-refractivity contribution in [3.05, 3.63) is 29.8 Å². The van der Waals surface area contributed by atoms with Crippen LogP contribution in [-0.2, 0) is 11.0 Å². The van der Waals surface area contributed by atoms with Crippen molar-refractivity contribution in [3.63, 3.8) is 0 Å². The summed E-state index contributed by atoms with van der Waals surface area (Å²) in [6, 6.07) is 4.59. The zero-order chi connectivity index (χ0) is 16.3. The van der Waals surface area contributed by atoms with Crippen molar-refractivity contribution < 1.29 is 23.1 Å². The van der Waals surface area contributed by atoms with E-state index in [4.69, 9.17) is 5.11 Å². The SMILES string of the molecule is CCC(C(=O)O)N1CCN(c2ccc(C(F)(F)F)cc2)CC1. The van der Waals surface area contributed by atoms with E-state index >= 15 is 0 Å². The predicted octanol–water partition coefficient (Wildman–Crippen LogP) is 2.69. The number of piperazine rings is 1. The molecule has 0 amide bonds. The van der Waals surface area contributed by atoms with Crippen molar-refractivity contribution in [2.75, 3.05) is 31.1 Å². The number of halogens is 3. The van der Waals surface area contributed by atoms with E-state index in [1.807, 2.05) is 16.7 Å². The summed E-state index contributed by atoms with van der Waals surface area (Å²) in [5, 5.41) is 9.15. The molecule has 1 aliphatic heterocycles. The van der Waals surface area contributed by atoms with Crippen LogP contribution in [0.2, 0.25) is 0 Å². The minimum atomic E-state index is -4.33. The van der Waals surface area contributed by atoms with Crippen molar-refractivity contribution in [1.82, 2.24) is 4.90 Å². The maximum Gasteiger partial charge on any atom is 0.416 e. The number of alkyl halides is 3. The van der Waals surface area contributed by atoms with Gasteiger partial charge in [-0.15, -0.1) is 0 Å². The summed E-state index contributed by atoms with van der Waals surface area (Å²) in [5.74, 6) is -0.828. The van der Waals surface area contributed by atoms with Crippen LogP contribution in [0.3, 0.4) is 0 Å². The molecule has 0 radical (unpaired) electrons. The third-order valence-corrected chi connectivity index (χ3v) is 3.99. The predicted molar refractivity (Wildman–Crippen MR) is 76.9 cm³/mol. The fraction of sp³-hybridized carbons (Fsp3) is 0.533. The lowest BCUT2D eigenvalue weighted by Crippen LogP contribution is -2.52. The summed E-state index contributed by atoms with van der Waals surface area (Å²) in [5.41, 5.74) is 0.0721. The Labute approximate surface area is 127 Å². The molecule has 4 nitrogen and oxygen atoms in total. The van der Waals surface area contributed by atoms with Gasteiger partial charge in [0.05, 0.1) is 5.56 Å². The molecular weight excluding hydrogens is 297 g/mol. The average Bonchev–Trinajstić information content (AvgIpc) is 2.47. The molecule has 0 spiro atoms. The Bertz CT molecular complexity index is 509. The molecule has 7 heteroatoms. The Kier molecular flexibility index (Phi) is 4.95. The lowest BCUT2D eigenvalue weighted by atomic mass is 10.1. The molecule has 22 heavy (non-hydrogen) atoms. The molecular formula is C15H19F3N2O2. The molecule has 2 rings (SSSR count). The summed E-state index contributed by atoms with van der Waals surface area (Å²) in [6.07, 6.45) is -3.79.